The summed E-state index contributed by atoms with van der Waals surface area (Å²) in [5, 5.41) is 0.646. The Bertz CT molecular complexity index is 984. The van der Waals surface area contributed by atoms with Crippen LogP contribution in [0.4, 0.5) is 16.2 Å². The quantitative estimate of drug-likeness (QED) is 0.486. The molecule has 148 valence electrons. The molecule has 0 fully saturated rings. The Kier molecular flexibility index (Phi) is 6.57. The predicted octanol–water partition coefficient (Wildman–Crippen LogP) is 6.47. The third kappa shape index (κ3) is 4.61. The van der Waals surface area contributed by atoms with Crippen LogP contribution < -0.4 is 14.5 Å². The Morgan fingerprint density at radius 1 is 0.897 bits per heavy atom. The van der Waals surface area contributed by atoms with Crippen molar-refractivity contribution in [3.8, 4) is 5.75 Å². The fourth-order valence-electron chi connectivity index (χ4n) is 3.04. The number of carbonyl (C=O) groups is 1. The third-order valence-electron chi connectivity index (χ3n) is 4.61. The first kappa shape index (κ1) is 20.5. The zero-order valence-corrected chi connectivity index (χ0v) is 17.4. The van der Waals surface area contributed by atoms with Crippen LogP contribution in [0.25, 0.3) is 5.70 Å². The first-order valence-corrected chi connectivity index (χ1v) is 9.62. The first-order chi connectivity index (χ1) is 14.0. The second kappa shape index (κ2) is 9.30. The van der Waals surface area contributed by atoms with Gasteiger partial charge in [-0.2, -0.15) is 0 Å². The molecule has 3 aromatic rings. The van der Waals surface area contributed by atoms with E-state index in [1.807, 2.05) is 91.9 Å². The summed E-state index contributed by atoms with van der Waals surface area (Å²) in [4.78, 5) is 16.9. The number of urea groups is 1. The Labute approximate surface area is 176 Å². The Morgan fingerprint density at radius 2 is 1.52 bits per heavy atom. The molecule has 3 aromatic carbocycles. The molecule has 0 bridgehead atoms. The van der Waals surface area contributed by atoms with E-state index >= 15 is 0 Å². The van der Waals surface area contributed by atoms with Crippen LogP contribution in [0.15, 0.2) is 84.9 Å². The van der Waals surface area contributed by atoms with Gasteiger partial charge in [-0.3, -0.25) is 9.80 Å². The van der Waals surface area contributed by atoms with Gasteiger partial charge >= 0.3 is 6.03 Å². The summed E-state index contributed by atoms with van der Waals surface area (Å²) in [7, 11) is 3.38. The van der Waals surface area contributed by atoms with Crippen LogP contribution in [0.5, 0.6) is 5.75 Å². The molecule has 0 atom stereocenters. The van der Waals surface area contributed by atoms with E-state index in [1.165, 1.54) is 0 Å². The molecule has 0 N–H and O–H groups in total. The van der Waals surface area contributed by atoms with E-state index in [2.05, 4.69) is 0 Å². The number of hydrogen-bond donors (Lipinski definition) is 0. The van der Waals surface area contributed by atoms with Gasteiger partial charge in [-0.25, -0.2) is 4.79 Å². The van der Waals surface area contributed by atoms with Gasteiger partial charge in [-0.1, -0.05) is 48.0 Å². The number of nitrogens with zero attached hydrogens (tertiary/aromatic N) is 2. The SMILES string of the molecule is C/C=C(/c1ccc(Cl)cc1)N(C(=O)N(C)c1ccccc1)c1ccc(OC)cc1. The van der Waals surface area contributed by atoms with Crippen molar-refractivity contribution in [2.75, 3.05) is 24.0 Å². The van der Waals surface area contributed by atoms with Crippen molar-refractivity contribution in [1.29, 1.82) is 0 Å². The van der Waals surface area contributed by atoms with E-state index in [4.69, 9.17) is 16.3 Å². The highest BCUT2D eigenvalue weighted by Crippen LogP contribution is 2.31. The maximum atomic E-state index is 13.6. The minimum atomic E-state index is -0.176. The van der Waals surface area contributed by atoms with Crippen LogP contribution in [0, 0.1) is 0 Å². The zero-order chi connectivity index (χ0) is 20.8. The maximum Gasteiger partial charge on any atom is 0.333 e. The molecule has 3 rings (SSSR count). The van der Waals surface area contributed by atoms with E-state index in [0.29, 0.717) is 5.02 Å². The van der Waals surface area contributed by atoms with Gasteiger partial charge in [0.05, 0.1) is 18.5 Å². The number of halogens is 1. The predicted molar refractivity (Wildman–Crippen MR) is 121 cm³/mol. The Balaban J connectivity index is 2.07. The van der Waals surface area contributed by atoms with Crippen molar-refractivity contribution in [1.82, 2.24) is 0 Å². The minimum Gasteiger partial charge on any atom is -0.497 e. The highest BCUT2D eigenvalue weighted by molar-refractivity contribution is 6.30. The van der Waals surface area contributed by atoms with Crippen LogP contribution in [0.1, 0.15) is 12.5 Å². The largest absolute Gasteiger partial charge is 0.497 e. The van der Waals surface area contributed by atoms with E-state index in [1.54, 1.807) is 24.0 Å². The van der Waals surface area contributed by atoms with E-state index in [0.717, 1.165) is 28.4 Å². The van der Waals surface area contributed by atoms with Gasteiger partial charge < -0.3 is 4.74 Å². The van der Waals surface area contributed by atoms with Crippen LogP contribution in [0.3, 0.4) is 0 Å². The second-order valence-electron chi connectivity index (χ2n) is 6.39. The van der Waals surface area contributed by atoms with Gasteiger partial charge in [0.2, 0.25) is 0 Å². The molecule has 5 heteroatoms. The summed E-state index contributed by atoms with van der Waals surface area (Å²) in [6, 6.07) is 24.2. The molecule has 29 heavy (non-hydrogen) atoms. The lowest BCUT2D eigenvalue weighted by molar-refractivity contribution is 0.255. The smallest absolute Gasteiger partial charge is 0.333 e. The third-order valence-corrected chi connectivity index (χ3v) is 4.86. The molecule has 0 saturated carbocycles. The normalized spacial score (nSPS) is 11.1. The van der Waals surface area contributed by atoms with E-state index in [-0.39, 0.29) is 6.03 Å². The molecule has 0 spiro atoms. The molecule has 0 aromatic heterocycles. The monoisotopic (exact) mass is 406 g/mol. The summed E-state index contributed by atoms with van der Waals surface area (Å²) in [5.74, 6) is 0.728. The lowest BCUT2D eigenvalue weighted by atomic mass is 10.1. The molecule has 0 unspecified atom stereocenters. The van der Waals surface area contributed by atoms with Gasteiger partial charge in [0.1, 0.15) is 5.75 Å². The van der Waals surface area contributed by atoms with Gasteiger partial charge in [0.25, 0.3) is 0 Å². The molecule has 0 saturated heterocycles. The fourth-order valence-corrected chi connectivity index (χ4v) is 3.17. The van der Waals surface area contributed by atoms with Crippen molar-refractivity contribution in [2.24, 2.45) is 0 Å². The molecule has 2 amide bonds. The lowest BCUT2D eigenvalue weighted by Crippen LogP contribution is -2.40. The number of benzene rings is 3. The molecule has 0 aliphatic heterocycles. The van der Waals surface area contributed by atoms with Crippen molar-refractivity contribution in [3.63, 3.8) is 0 Å². The standard InChI is InChI=1S/C24H23ClN2O2/c1-4-23(18-10-12-19(25)13-11-18)27(21-14-16-22(29-3)17-15-21)24(28)26(2)20-8-6-5-7-9-20/h4-17H,1-3H3/b23-4-. The first-order valence-electron chi connectivity index (χ1n) is 9.24. The average Bonchev–Trinajstić information content (AvgIpc) is 2.78. The number of rotatable bonds is 5. The number of carbonyl (C=O) groups excluding carboxylic acids is 1. The lowest BCUT2D eigenvalue weighted by Gasteiger charge is -2.30. The van der Waals surface area contributed by atoms with E-state index in [9.17, 15) is 4.79 Å². The van der Waals surface area contributed by atoms with Crippen molar-refractivity contribution in [2.45, 2.75) is 6.92 Å². The van der Waals surface area contributed by atoms with Crippen molar-refractivity contribution < 1.29 is 9.53 Å². The van der Waals surface area contributed by atoms with Crippen LogP contribution >= 0.6 is 11.6 Å². The van der Waals surface area contributed by atoms with Gasteiger partial charge in [-0.15, -0.1) is 0 Å². The number of methoxy groups -OCH3 is 1. The van der Waals surface area contributed by atoms with Crippen molar-refractivity contribution >= 4 is 34.7 Å². The number of amides is 2. The van der Waals surface area contributed by atoms with Gasteiger partial charge in [0.15, 0.2) is 0 Å². The zero-order valence-electron chi connectivity index (χ0n) is 16.7. The molecule has 0 heterocycles. The minimum absolute atomic E-state index is 0.176. The van der Waals surface area contributed by atoms with Crippen LogP contribution in [-0.4, -0.2) is 20.2 Å². The topological polar surface area (TPSA) is 32.8 Å². The summed E-state index contributed by atoms with van der Waals surface area (Å²) in [5.41, 5.74) is 3.20. The molecule has 0 radical (unpaired) electrons. The Morgan fingerprint density at radius 3 is 2.07 bits per heavy atom. The number of para-hydroxylation sites is 1. The van der Waals surface area contributed by atoms with Gasteiger partial charge in [0, 0.05) is 17.8 Å². The number of allylic oxidation sites excluding steroid dienone is 1. The molecule has 0 aliphatic rings. The van der Waals surface area contributed by atoms with Crippen LogP contribution in [0.2, 0.25) is 5.02 Å². The van der Waals surface area contributed by atoms with Gasteiger partial charge in [-0.05, 0) is 61.0 Å². The molecular formula is C24H23ClN2O2. The number of anilines is 2. The highest BCUT2D eigenvalue weighted by Gasteiger charge is 2.25. The maximum absolute atomic E-state index is 13.6. The van der Waals surface area contributed by atoms with E-state index < -0.39 is 0 Å². The number of ether oxygens (including phenoxy) is 1. The Hall–Kier alpha value is -3.24. The molecule has 0 aliphatic carbocycles. The molecule has 4 nitrogen and oxygen atoms in total. The fraction of sp³-hybridized carbons (Fsp3) is 0.125. The van der Waals surface area contributed by atoms with Crippen LogP contribution in [-0.2, 0) is 0 Å². The summed E-state index contributed by atoms with van der Waals surface area (Å²) < 4.78 is 5.27. The molecular weight excluding hydrogens is 384 g/mol. The van der Waals surface area contributed by atoms with Crippen molar-refractivity contribution in [3.05, 3.63) is 95.5 Å². The highest BCUT2D eigenvalue weighted by atomic mass is 35.5. The summed E-state index contributed by atoms with van der Waals surface area (Å²) in [6.45, 7) is 1.91. The average molecular weight is 407 g/mol. The summed E-state index contributed by atoms with van der Waals surface area (Å²) >= 11 is 6.06. The second-order valence-corrected chi connectivity index (χ2v) is 6.83. The summed E-state index contributed by atoms with van der Waals surface area (Å²) in [6.07, 6.45) is 1.92. The number of hydrogen-bond acceptors (Lipinski definition) is 2.